The summed E-state index contributed by atoms with van der Waals surface area (Å²) in [7, 11) is 0. The molecule has 2 rings (SSSR count). The van der Waals surface area contributed by atoms with E-state index in [2.05, 4.69) is 20.2 Å². The lowest BCUT2D eigenvalue weighted by atomic mass is 10.4. The van der Waals surface area contributed by atoms with Crippen LogP contribution in [0.2, 0.25) is 0 Å². The van der Waals surface area contributed by atoms with E-state index < -0.39 is 0 Å². The van der Waals surface area contributed by atoms with Crippen LogP contribution < -0.4 is 16.0 Å². The molecule has 0 saturated carbocycles. The van der Waals surface area contributed by atoms with E-state index in [9.17, 15) is 0 Å². The van der Waals surface area contributed by atoms with Crippen molar-refractivity contribution in [2.24, 2.45) is 0 Å². The minimum Gasteiger partial charge on any atom is -0.396 e. The lowest BCUT2D eigenvalue weighted by molar-refractivity contribution is 0.580. The van der Waals surface area contributed by atoms with Crippen LogP contribution in [0.4, 0.5) is 11.6 Å². The quantitative estimate of drug-likeness (QED) is 0.685. The topological polar surface area (TPSA) is 67.1 Å². The number of nitrogens with zero attached hydrogens (tertiary/aromatic N) is 3. The molecule has 14 heavy (non-hydrogen) atoms. The number of aromatic nitrogens is 2. The van der Waals surface area contributed by atoms with E-state index in [1.807, 2.05) is 0 Å². The van der Waals surface area contributed by atoms with Gasteiger partial charge in [-0.25, -0.2) is 9.97 Å². The summed E-state index contributed by atoms with van der Waals surface area (Å²) < 4.78 is 0. The minimum atomic E-state index is 0. The summed E-state index contributed by atoms with van der Waals surface area (Å²) >= 11 is 0. The number of halogens is 1. The molecule has 78 valence electrons. The average molecular weight is 216 g/mol. The molecule has 6 heteroatoms. The van der Waals surface area contributed by atoms with Crippen LogP contribution in [-0.2, 0) is 0 Å². The lowest BCUT2D eigenvalue weighted by Crippen LogP contribution is -2.44. The molecular formula is C8H14ClN5. The fourth-order valence-electron chi connectivity index (χ4n) is 1.36. The highest BCUT2D eigenvalue weighted by molar-refractivity contribution is 5.85. The van der Waals surface area contributed by atoms with E-state index in [-0.39, 0.29) is 12.4 Å². The van der Waals surface area contributed by atoms with Crippen molar-refractivity contribution < 1.29 is 0 Å². The van der Waals surface area contributed by atoms with Crippen molar-refractivity contribution in [2.75, 3.05) is 36.8 Å². The number of hydrogen-bond donors (Lipinski definition) is 2. The van der Waals surface area contributed by atoms with Crippen molar-refractivity contribution in [3.63, 3.8) is 0 Å². The molecule has 1 fully saturated rings. The molecule has 2 heterocycles. The van der Waals surface area contributed by atoms with Crippen molar-refractivity contribution in [3.05, 3.63) is 12.4 Å². The number of piperazine rings is 1. The Morgan fingerprint density at radius 2 is 1.79 bits per heavy atom. The predicted molar refractivity (Wildman–Crippen MR) is 58.8 cm³/mol. The van der Waals surface area contributed by atoms with Crippen molar-refractivity contribution in [1.29, 1.82) is 0 Å². The smallest absolute Gasteiger partial charge is 0.225 e. The second-order valence-corrected chi connectivity index (χ2v) is 3.05. The molecule has 1 aliphatic heterocycles. The number of nitrogen functional groups attached to an aromatic ring is 1. The number of anilines is 2. The highest BCUT2D eigenvalue weighted by Crippen LogP contribution is 2.07. The monoisotopic (exact) mass is 215 g/mol. The number of hydrogen-bond acceptors (Lipinski definition) is 5. The highest BCUT2D eigenvalue weighted by atomic mass is 35.5. The van der Waals surface area contributed by atoms with Gasteiger partial charge in [-0.1, -0.05) is 0 Å². The summed E-state index contributed by atoms with van der Waals surface area (Å²) in [6.07, 6.45) is 3.29. The van der Waals surface area contributed by atoms with Crippen LogP contribution in [0.25, 0.3) is 0 Å². The molecule has 0 aromatic carbocycles. The third-order valence-corrected chi connectivity index (χ3v) is 2.06. The Balaban J connectivity index is 0.000000980. The van der Waals surface area contributed by atoms with Gasteiger partial charge in [0, 0.05) is 26.2 Å². The molecule has 0 bridgehead atoms. The maximum atomic E-state index is 5.50. The standard InChI is InChI=1S/C8H13N5.ClH/c9-7-5-11-8(12-6-7)13-3-1-10-2-4-13;/h5-6,10H,1-4,9H2;1H. The van der Waals surface area contributed by atoms with Gasteiger partial charge in [0.15, 0.2) is 0 Å². The SMILES string of the molecule is Cl.Nc1cnc(N2CCNCC2)nc1. The fraction of sp³-hybridized carbons (Fsp3) is 0.500. The van der Waals surface area contributed by atoms with Gasteiger partial charge in [-0.2, -0.15) is 0 Å². The largest absolute Gasteiger partial charge is 0.396 e. The molecule has 1 aromatic heterocycles. The van der Waals surface area contributed by atoms with Crippen molar-refractivity contribution in [1.82, 2.24) is 15.3 Å². The van der Waals surface area contributed by atoms with Crippen LogP contribution >= 0.6 is 12.4 Å². The van der Waals surface area contributed by atoms with E-state index in [4.69, 9.17) is 5.73 Å². The first kappa shape index (κ1) is 11.0. The summed E-state index contributed by atoms with van der Waals surface area (Å²) in [5, 5.41) is 3.27. The van der Waals surface area contributed by atoms with E-state index in [0.29, 0.717) is 5.69 Å². The molecule has 0 atom stereocenters. The first-order chi connectivity index (χ1) is 6.36. The first-order valence-electron chi connectivity index (χ1n) is 4.39. The first-order valence-corrected chi connectivity index (χ1v) is 4.39. The molecule has 0 aliphatic carbocycles. The zero-order valence-electron chi connectivity index (χ0n) is 7.81. The molecule has 0 unspecified atom stereocenters. The van der Waals surface area contributed by atoms with Crippen LogP contribution in [0, 0.1) is 0 Å². The Hall–Kier alpha value is -1.07. The van der Waals surface area contributed by atoms with E-state index in [1.165, 1.54) is 0 Å². The van der Waals surface area contributed by atoms with Gasteiger partial charge >= 0.3 is 0 Å². The second-order valence-electron chi connectivity index (χ2n) is 3.05. The number of rotatable bonds is 1. The Kier molecular flexibility index (Phi) is 3.91. The number of nitrogens with two attached hydrogens (primary N) is 1. The average Bonchev–Trinajstić information content (AvgIpc) is 2.20. The molecule has 0 amide bonds. The maximum absolute atomic E-state index is 5.50. The molecule has 1 aliphatic rings. The molecule has 1 aromatic rings. The second kappa shape index (κ2) is 4.97. The summed E-state index contributed by atoms with van der Waals surface area (Å²) in [4.78, 5) is 10.5. The summed E-state index contributed by atoms with van der Waals surface area (Å²) in [5.74, 6) is 0.774. The Morgan fingerprint density at radius 3 is 2.36 bits per heavy atom. The summed E-state index contributed by atoms with van der Waals surface area (Å²) in [6.45, 7) is 3.91. The zero-order chi connectivity index (χ0) is 9.10. The fourth-order valence-corrected chi connectivity index (χ4v) is 1.36. The third-order valence-electron chi connectivity index (χ3n) is 2.06. The van der Waals surface area contributed by atoms with Gasteiger partial charge in [-0.15, -0.1) is 12.4 Å². The zero-order valence-corrected chi connectivity index (χ0v) is 8.63. The Labute approximate surface area is 89.1 Å². The van der Waals surface area contributed by atoms with Crippen molar-refractivity contribution in [3.8, 4) is 0 Å². The minimum absolute atomic E-state index is 0. The van der Waals surface area contributed by atoms with Crippen LogP contribution in [0.5, 0.6) is 0 Å². The molecule has 0 spiro atoms. The van der Waals surface area contributed by atoms with Crippen LogP contribution in [0.3, 0.4) is 0 Å². The summed E-state index contributed by atoms with van der Waals surface area (Å²) in [5.41, 5.74) is 6.11. The van der Waals surface area contributed by atoms with Gasteiger partial charge < -0.3 is 16.0 Å². The van der Waals surface area contributed by atoms with Gasteiger partial charge in [0.1, 0.15) is 0 Å². The van der Waals surface area contributed by atoms with Crippen LogP contribution in [-0.4, -0.2) is 36.1 Å². The van der Waals surface area contributed by atoms with Crippen molar-refractivity contribution in [2.45, 2.75) is 0 Å². The predicted octanol–water partition coefficient (Wildman–Crippen LogP) is -0.110. The summed E-state index contributed by atoms with van der Waals surface area (Å²) in [6, 6.07) is 0. The number of nitrogens with one attached hydrogen (secondary N) is 1. The molecule has 0 radical (unpaired) electrons. The Bertz CT molecular complexity index is 270. The molecule has 3 N–H and O–H groups in total. The van der Waals surface area contributed by atoms with Crippen molar-refractivity contribution >= 4 is 24.0 Å². The molecule has 5 nitrogen and oxygen atoms in total. The van der Waals surface area contributed by atoms with Gasteiger partial charge in [0.05, 0.1) is 18.1 Å². The van der Waals surface area contributed by atoms with Gasteiger partial charge in [0.25, 0.3) is 0 Å². The highest BCUT2D eigenvalue weighted by Gasteiger charge is 2.11. The van der Waals surface area contributed by atoms with Gasteiger partial charge in [0.2, 0.25) is 5.95 Å². The lowest BCUT2D eigenvalue weighted by Gasteiger charge is -2.27. The maximum Gasteiger partial charge on any atom is 0.225 e. The molecule has 1 saturated heterocycles. The van der Waals surface area contributed by atoms with Crippen LogP contribution in [0.15, 0.2) is 12.4 Å². The van der Waals surface area contributed by atoms with E-state index >= 15 is 0 Å². The van der Waals surface area contributed by atoms with Gasteiger partial charge in [-0.3, -0.25) is 0 Å². The van der Waals surface area contributed by atoms with E-state index in [1.54, 1.807) is 12.4 Å². The normalized spacial score (nSPS) is 16.1. The third kappa shape index (κ3) is 2.46. The Morgan fingerprint density at radius 1 is 1.21 bits per heavy atom. The van der Waals surface area contributed by atoms with Crippen LogP contribution in [0.1, 0.15) is 0 Å². The molecular weight excluding hydrogens is 202 g/mol. The van der Waals surface area contributed by atoms with E-state index in [0.717, 1.165) is 32.1 Å². The van der Waals surface area contributed by atoms with Gasteiger partial charge in [-0.05, 0) is 0 Å².